The molecular weight excluding hydrogens is 337 g/mol. The molecule has 7 heteroatoms. The van der Waals surface area contributed by atoms with Gasteiger partial charge in [0.05, 0.1) is 11.0 Å². The highest BCUT2D eigenvalue weighted by molar-refractivity contribution is 5.96. The van der Waals surface area contributed by atoms with Gasteiger partial charge < -0.3 is 10.0 Å². The highest BCUT2D eigenvalue weighted by Gasteiger charge is 2.55. The van der Waals surface area contributed by atoms with Gasteiger partial charge in [-0.15, -0.1) is 0 Å². The SMILES string of the molecule is O=C(c1ccc(-c2cncnc2)cc1F)N1C[C@@H]2CCC[C@@]2(C(=O)O)C1. The van der Waals surface area contributed by atoms with Gasteiger partial charge in [-0.05, 0) is 36.5 Å². The molecule has 2 aliphatic rings. The van der Waals surface area contributed by atoms with Crippen LogP contribution in [0.3, 0.4) is 0 Å². The Morgan fingerprint density at radius 2 is 2.00 bits per heavy atom. The first-order chi connectivity index (χ1) is 12.5. The summed E-state index contributed by atoms with van der Waals surface area (Å²) >= 11 is 0. The van der Waals surface area contributed by atoms with Crippen LogP contribution in [0.5, 0.6) is 0 Å². The van der Waals surface area contributed by atoms with Gasteiger partial charge in [-0.1, -0.05) is 12.5 Å². The molecule has 0 radical (unpaired) electrons. The van der Waals surface area contributed by atoms with Crippen LogP contribution in [0.25, 0.3) is 11.1 Å². The average Bonchev–Trinajstić information content (AvgIpc) is 3.20. The van der Waals surface area contributed by atoms with Crippen molar-refractivity contribution in [3.05, 3.63) is 48.3 Å². The van der Waals surface area contributed by atoms with Crippen molar-refractivity contribution in [2.24, 2.45) is 11.3 Å². The predicted molar refractivity (Wildman–Crippen MR) is 90.7 cm³/mol. The van der Waals surface area contributed by atoms with Crippen LogP contribution in [0.1, 0.15) is 29.6 Å². The Balaban J connectivity index is 1.59. The number of halogens is 1. The first-order valence-corrected chi connectivity index (χ1v) is 8.59. The fourth-order valence-electron chi connectivity index (χ4n) is 4.28. The van der Waals surface area contributed by atoms with Crippen molar-refractivity contribution in [1.29, 1.82) is 0 Å². The third-order valence-electron chi connectivity index (χ3n) is 5.68. The molecule has 1 saturated carbocycles. The lowest BCUT2D eigenvalue weighted by Gasteiger charge is -2.23. The van der Waals surface area contributed by atoms with Gasteiger partial charge in [0.1, 0.15) is 12.1 Å². The number of carboxylic acids is 1. The molecule has 1 amide bonds. The summed E-state index contributed by atoms with van der Waals surface area (Å²) in [5, 5.41) is 9.64. The number of amides is 1. The van der Waals surface area contributed by atoms with Crippen LogP contribution in [0.15, 0.2) is 36.9 Å². The monoisotopic (exact) mass is 355 g/mol. The van der Waals surface area contributed by atoms with Gasteiger partial charge in [-0.3, -0.25) is 9.59 Å². The number of carboxylic acid groups (broad SMARTS) is 1. The molecule has 1 aliphatic carbocycles. The van der Waals surface area contributed by atoms with Crippen LogP contribution < -0.4 is 0 Å². The summed E-state index contributed by atoms with van der Waals surface area (Å²) in [6, 6.07) is 4.39. The van der Waals surface area contributed by atoms with E-state index in [1.807, 2.05) is 0 Å². The minimum absolute atomic E-state index is 0.0360. The summed E-state index contributed by atoms with van der Waals surface area (Å²) < 4.78 is 14.6. The van der Waals surface area contributed by atoms with Crippen molar-refractivity contribution in [2.75, 3.05) is 13.1 Å². The molecule has 0 bridgehead atoms. The van der Waals surface area contributed by atoms with E-state index in [1.165, 1.54) is 23.4 Å². The topological polar surface area (TPSA) is 83.4 Å². The van der Waals surface area contributed by atoms with Crippen LogP contribution in [-0.4, -0.2) is 44.9 Å². The van der Waals surface area contributed by atoms with Gasteiger partial charge >= 0.3 is 5.97 Å². The summed E-state index contributed by atoms with van der Waals surface area (Å²) in [7, 11) is 0. The lowest BCUT2D eigenvalue weighted by molar-refractivity contribution is -0.149. The Hall–Kier alpha value is -2.83. The van der Waals surface area contributed by atoms with E-state index in [2.05, 4.69) is 9.97 Å². The maximum atomic E-state index is 14.6. The normalized spacial score (nSPS) is 24.5. The van der Waals surface area contributed by atoms with Crippen LogP contribution in [0.2, 0.25) is 0 Å². The first kappa shape index (κ1) is 16.6. The number of aromatic nitrogens is 2. The fourth-order valence-corrected chi connectivity index (χ4v) is 4.28. The zero-order valence-electron chi connectivity index (χ0n) is 14.1. The highest BCUT2D eigenvalue weighted by Crippen LogP contribution is 2.49. The molecule has 2 heterocycles. The van der Waals surface area contributed by atoms with E-state index in [9.17, 15) is 19.1 Å². The van der Waals surface area contributed by atoms with Crippen LogP contribution in [0.4, 0.5) is 4.39 Å². The second-order valence-electron chi connectivity index (χ2n) is 7.06. The Labute approximate surface area is 149 Å². The largest absolute Gasteiger partial charge is 0.481 e. The van der Waals surface area contributed by atoms with Crippen molar-refractivity contribution < 1.29 is 19.1 Å². The predicted octanol–water partition coefficient (Wildman–Crippen LogP) is 2.61. The van der Waals surface area contributed by atoms with E-state index in [0.29, 0.717) is 24.1 Å². The number of carbonyl (C=O) groups excluding carboxylic acids is 1. The van der Waals surface area contributed by atoms with E-state index in [0.717, 1.165) is 12.8 Å². The summed E-state index contributed by atoms with van der Waals surface area (Å²) in [6.45, 7) is 0.526. The molecule has 0 spiro atoms. The number of benzene rings is 1. The molecule has 2 atom stereocenters. The van der Waals surface area contributed by atoms with E-state index >= 15 is 0 Å². The quantitative estimate of drug-likeness (QED) is 0.915. The number of hydrogen-bond acceptors (Lipinski definition) is 4. The zero-order chi connectivity index (χ0) is 18.3. The third kappa shape index (κ3) is 2.55. The van der Waals surface area contributed by atoms with Crippen molar-refractivity contribution >= 4 is 11.9 Å². The van der Waals surface area contributed by atoms with Crippen molar-refractivity contribution in [3.8, 4) is 11.1 Å². The van der Waals surface area contributed by atoms with Crippen LogP contribution in [0, 0.1) is 17.2 Å². The van der Waals surface area contributed by atoms with E-state index in [-0.39, 0.29) is 18.0 Å². The molecule has 6 nitrogen and oxygen atoms in total. The molecule has 4 rings (SSSR count). The van der Waals surface area contributed by atoms with E-state index in [1.54, 1.807) is 18.5 Å². The number of hydrogen-bond donors (Lipinski definition) is 1. The fraction of sp³-hybridized carbons (Fsp3) is 0.368. The lowest BCUT2D eigenvalue weighted by atomic mass is 9.81. The van der Waals surface area contributed by atoms with E-state index in [4.69, 9.17) is 0 Å². The number of likely N-dealkylation sites (tertiary alicyclic amines) is 1. The summed E-state index contributed by atoms with van der Waals surface area (Å²) in [5.74, 6) is -1.98. The summed E-state index contributed by atoms with van der Waals surface area (Å²) in [4.78, 5) is 33.8. The minimum atomic E-state index is -0.868. The minimum Gasteiger partial charge on any atom is -0.481 e. The van der Waals surface area contributed by atoms with Gasteiger partial charge in [-0.25, -0.2) is 14.4 Å². The number of aliphatic carboxylic acids is 1. The number of rotatable bonds is 3. The Kier molecular flexibility index (Phi) is 3.94. The second kappa shape index (κ2) is 6.16. The molecule has 2 fully saturated rings. The summed E-state index contributed by atoms with van der Waals surface area (Å²) in [5.41, 5.74) is 0.338. The molecule has 1 aliphatic heterocycles. The Morgan fingerprint density at radius 1 is 1.23 bits per heavy atom. The molecule has 2 aromatic rings. The first-order valence-electron chi connectivity index (χ1n) is 8.59. The standard InChI is InChI=1S/C19H18FN3O3/c20-16-6-12(13-7-21-11-22-8-13)3-4-15(16)17(24)23-9-14-2-1-5-19(14,10-23)18(25)26/h3-4,6-8,11,14H,1-2,5,9-10H2,(H,25,26)/t14-,19+/m0/s1. The number of carbonyl (C=O) groups is 2. The summed E-state index contributed by atoms with van der Waals surface area (Å²) in [6.07, 6.45) is 6.77. The van der Waals surface area contributed by atoms with Crippen molar-refractivity contribution in [1.82, 2.24) is 14.9 Å². The van der Waals surface area contributed by atoms with Crippen molar-refractivity contribution in [2.45, 2.75) is 19.3 Å². The van der Waals surface area contributed by atoms with Gasteiger partial charge in [0.2, 0.25) is 0 Å². The molecule has 134 valence electrons. The van der Waals surface area contributed by atoms with Crippen LogP contribution >= 0.6 is 0 Å². The molecule has 1 aromatic heterocycles. The molecule has 1 N–H and O–H groups in total. The number of nitrogens with zero attached hydrogens (tertiary/aromatic N) is 3. The van der Waals surface area contributed by atoms with Gasteiger partial charge in [0.25, 0.3) is 5.91 Å². The van der Waals surface area contributed by atoms with Crippen LogP contribution in [-0.2, 0) is 4.79 Å². The maximum Gasteiger partial charge on any atom is 0.311 e. The molecule has 26 heavy (non-hydrogen) atoms. The molecular formula is C19H18FN3O3. The number of fused-ring (bicyclic) bond motifs is 1. The lowest BCUT2D eigenvalue weighted by Crippen LogP contribution is -2.37. The third-order valence-corrected chi connectivity index (χ3v) is 5.68. The average molecular weight is 355 g/mol. The Bertz CT molecular complexity index is 874. The zero-order valence-corrected chi connectivity index (χ0v) is 14.1. The van der Waals surface area contributed by atoms with Gasteiger partial charge in [0, 0.05) is 31.0 Å². The smallest absolute Gasteiger partial charge is 0.311 e. The van der Waals surface area contributed by atoms with E-state index < -0.39 is 23.1 Å². The van der Waals surface area contributed by atoms with Gasteiger partial charge in [-0.2, -0.15) is 0 Å². The highest BCUT2D eigenvalue weighted by atomic mass is 19.1. The molecule has 1 saturated heterocycles. The molecule has 1 aromatic carbocycles. The molecule has 0 unspecified atom stereocenters. The van der Waals surface area contributed by atoms with Gasteiger partial charge in [0.15, 0.2) is 0 Å². The van der Waals surface area contributed by atoms with Crippen molar-refractivity contribution in [3.63, 3.8) is 0 Å². The Morgan fingerprint density at radius 3 is 2.65 bits per heavy atom. The maximum absolute atomic E-state index is 14.6. The second-order valence-corrected chi connectivity index (χ2v) is 7.06.